The van der Waals surface area contributed by atoms with Crippen molar-refractivity contribution in [1.82, 2.24) is 5.32 Å². The summed E-state index contributed by atoms with van der Waals surface area (Å²) in [6, 6.07) is 18.3. The monoisotopic (exact) mass is 237 g/mol. The van der Waals surface area contributed by atoms with Crippen molar-refractivity contribution in [2.75, 3.05) is 6.54 Å². The highest BCUT2D eigenvalue weighted by Gasteiger charge is 2.15. The number of hydrogen-bond donors (Lipinski definition) is 1. The van der Waals surface area contributed by atoms with Crippen LogP contribution in [-0.4, -0.2) is 6.54 Å². The summed E-state index contributed by atoms with van der Waals surface area (Å²) < 4.78 is 0. The molecule has 2 aromatic carbocycles. The molecule has 0 amide bonds. The maximum Gasteiger partial charge on any atom is 0.0320 e. The first-order valence-corrected chi connectivity index (χ1v) is 6.73. The van der Waals surface area contributed by atoms with E-state index in [1.165, 1.54) is 35.1 Å². The molecule has 0 aliphatic carbocycles. The minimum Gasteiger partial charge on any atom is -0.310 e. The van der Waals surface area contributed by atoms with Gasteiger partial charge in [-0.1, -0.05) is 54.1 Å². The second-order valence-electron chi connectivity index (χ2n) is 5.14. The average Bonchev–Trinajstić information content (AvgIpc) is 2.93. The van der Waals surface area contributed by atoms with Crippen molar-refractivity contribution < 1.29 is 0 Å². The van der Waals surface area contributed by atoms with E-state index in [0.717, 1.165) is 6.54 Å². The van der Waals surface area contributed by atoms with Crippen molar-refractivity contribution >= 4 is 0 Å². The van der Waals surface area contributed by atoms with Crippen LogP contribution in [0, 0.1) is 6.92 Å². The first kappa shape index (κ1) is 11.5. The van der Waals surface area contributed by atoms with E-state index in [4.69, 9.17) is 0 Å². The molecule has 3 rings (SSSR count). The molecule has 2 aromatic rings. The normalized spacial score (nSPS) is 19.1. The molecule has 1 unspecified atom stereocenters. The van der Waals surface area contributed by atoms with E-state index < -0.39 is 0 Å². The minimum absolute atomic E-state index is 0.566. The zero-order valence-electron chi connectivity index (χ0n) is 10.8. The van der Waals surface area contributed by atoms with E-state index in [9.17, 15) is 0 Å². The van der Waals surface area contributed by atoms with Gasteiger partial charge in [0, 0.05) is 6.04 Å². The molecular weight excluding hydrogens is 218 g/mol. The van der Waals surface area contributed by atoms with E-state index in [-0.39, 0.29) is 0 Å². The van der Waals surface area contributed by atoms with Crippen LogP contribution < -0.4 is 5.32 Å². The third-order valence-corrected chi connectivity index (χ3v) is 3.72. The van der Waals surface area contributed by atoms with Crippen LogP contribution in [0.1, 0.15) is 30.0 Å². The molecule has 18 heavy (non-hydrogen) atoms. The molecular formula is C17H19N. The van der Waals surface area contributed by atoms with Crippen LogP contribution in [0.5, 0.6) is 0 Å². The number of hydrogen-bond acceptors (Lipinski definition) is 1. The standard InChI is InChI=1S/C17H19N/c1-13-4-2-5-16(12-13)14-7-9-15(10-8-14)17-6-3-11-18-17/h2,4-5,7-10,12,17-18H,3,6,11H2,1H3. The van der Waals surface area contributed by atoms with Gasteiger partial charge in [0.2, 0.25) is 0 Å². The lowest BCUT2D eigenvalue weighted by atomic mass is 9.99. The van der Waals surface area contributed by atoms with Gasteiger partial charge in [-0.15, -0.1) is 0 Å². The molecule has 1 saturated heterocycles. The summed E-state index contributed by atoms with van der Waals surface area (Å²) >= 11 is 0. The van der Waals surface area contributed by atoms with Gasteiger partial charge in [-0.2, -0.15) is 0 Å². The topological polar surface area (TPSA) is 12.0 Å². The molecule has 92 valence electrons. The number of benzene rings is 2. The van der Waals surface area contributed by atoms with Gasteiger partial charge in [0.05, 0.1) is 0 Å². The lowest BCUT2D eigenvalue weighted by Gasteiger charge is -2.11. The minimum atomic E-state index is 0.566. The van der Waals surface area contributed by atoms with Crippen LogP contribution >= 0.6 is 0 Å². The lowest BCUT2D eigenvalue weighted by Crippen LogP contribution is -2.12. The second-order valence-corrected chi connectivity index (χ2v) is 5.14. The quantitative estimate of drug-likeness (QED) is 0.829. The lowest BCUT2D eigenvalue weighted by molar-refractivity contribution is 0.648. The zero-order valence-corrected chi connectivity index (χ0v) is 10.8. The average molecular weight is 237 g/mol. The smallest absolute Gasteiger partial charge is 0.0320 e. The molecule has 0 spiro atoms. The van der Waals surface area contributed by atoms with Crippen LogP contribution in [-0.2, 0) is 0 Å². The highest BCUT2D eigenvalue weighted by atomic mass is 14.9. The first-order chi connectivity index (χ1) is 8.83. The molecule has 0 aromatic heterocycles. The van der Waals surface area contributed by atoms with E-state index in [2.05, 4.69) is 60.8 Å². The second kappa shape index (κ2) is 4.95. The van der Waals surface area contributed by atoms with Crippen molar-refractivity contribution in [3.05, 3.63) is 59.7 Å². The van der Waals surface area contributed by atoms with Crippen LogP contribution in [0.3, 0.4) is 0 Å². The number of aryl methyl sites for hydroxylation is 1. The Morgan fingerprint density at radius 3 is 2.50 bits per heavy atom. The van der Waals surface area contributed by atoms with Gasteiger partial charge in [0.25, 0.3) is 0 Å². The van der Waals surface area contributed by atoms with E-state index in [0.29, 0.717) is 6.04 Å². The number of rotatable bonds is 2. The summed E-state index contributed by atoms with van der Waals surface area (Å²) in [5, 5.41) is 3.54. The third kappa shape index (κ3) is 2.32. The molecule has 0 radical (unpaired) electrons. The summed E-state index contributed by atoms with van der Waals surface area (Å²) in [4.78, 5) is 0. The zero-order chi connectivity index (χ0) is 12.4. The van der Waals surface area contributed by atoms with Gasteiger partial charge in [0.15, 0.2) is 0 Å². The van der Waals surface area contributed by atoms with Crippen molar-refractivity contribution in [3.8, 4) is 11.1 Å². The van der Waals surface area contributed by atoms with Crippen LogP contribution in [0.15, 0.2) is 48.5 Å². The Balaban J connectivity index is 1.86. The summed E-state index contributed by atoms with van der Waals surface area (Å²) in [5.74, 6) is 0. The van der Waals surface area contributed by atoms with Gasteiger partial charge in [-0.25, -0.2) is 0 Å². The van der Waals surface area contributed by atoms with E-state index in [1.54, 1.807) is 0 Å². The fourth-order valence-corrected chi connectivity index (χ4v) is 2.70. The molecule has 0 saturated carbocycles. The molecule has 1 heterocycles. The molecule has 1 atom stereocenters. The maximum absolute atomic E-state index is 3.54. The molecule has 1 nitrogen and oxygen atoms in total. The Morgan fingerprint density at radius 2 is 1.83 bits per heavy atom. The molecule has 0 bridgehead atoms. The fourth-order valence-electron chi connectivity index (χ4n) is 2.70. The van der Waals surface area contributed by atoms with E-state index in [1.807, 2.05) is 0 Å². The first-order valence-electron chi connectivity index (χ1n) is 6.73. The predicted molar refractivity (Wildman–Crippen MR) is 76.6 cm³/mol. The van der Waals surface area contributed by atoms with Crippen LogP contribution in [0.4, 0.5) is 0 Å². The van der Waals surface area contributed by atoms with Crippen molar-refractivity contribution in [3.63, 3.8) is 0 Å². The Morgan fingerprint density at radius 1 is 1.00 bits per heavy atom. The molecule has 1 N–H and O–H groups in total. The summed E-state index contributed by atoms with van der Waals surface area (Å²) in [6.45, 7) is 3.30. The summed E-state index contributed by atoms with van der Waals surface area (Å²) in [6.07, 6.45) is 2.56. The van der Waals surface area contributed by atoms with Gasteiger partial charge in [-0.05, 0) is 43.0 Å². The van der Waals surface area contributed by atoms with Crippen molar-refractivity contribution in [2.24, 2.45) is 0 Å². The highest BCUT2D eigenvalue weighted by molar-refractivity contribution is 5.64. The Bertz CT molecular complexity index is 522. The van der Waals surface area contributed by atoms with Gasteiger partial charge in [-0.3, -0.25) is 0 Å². The Kier molecular flexibility index (Phi) is 3.16. The third-order valence-electron chi connectivity index (χ3n) is 3.72. The molecule has 1 heteroatoms. The number of nitrogens with one attached hydrogen (secondary N) is 1. The van der Waals surface area contributed by atoms with Gasteiger partial charge < -0.3 is 5.32 Å². The molecule has 1 aliphatic rings. The fraction of sp³-hybridized carbons (Fsp3) is 0.294. The summed E-state index contributed by atoms with van der Waals surface area (Å²) in [7, 11) is 0. The van der Waals surface area contributed by atoms with Gasteiger partial charge in [0.1, 0.15) is 0 Å². The SMILES string of the molecule is Cc1cccc(-c2ccc(C3CCCN3)cc2)c1. The predicted octanol–water partition coefficient (Wildman–Crippen LogP) is 4.09. The van der Waals surface area contributed by atoms with E-state index >= 15 is 0 Å². The van der Waals surface area contributed by atoms with Crippen molar-refractivity contribution in [1.29, 1.82) is 0 Å². The Hall–Kier alpha value is -1.60. The van der Waals surface area contributed by atoms with Crippen molar-refractivity contribution in [2.45, 2.75) is 25.8 Å². The summed E-state index contributed by atoms with van der Waals surface area (Å²) in [5.41, 5.74) is 5.35. The van der Waals surface area contributed by atoms with Gasteiger partial charge >= 0.3 is 0 Å². The van der Waals surface area contributed by atoms with Crippen LogP contribution in [0.2, 0.25) is 0 Å². The molecule has 1 aliphatic heterocycles. The molecule has 1 fully saturated rings. The highest BCUT2D eigenvalue weighted by Crippen LogP contribution is 2.26. The van der Waals surface area contributed by atoms with Crippen LogP contribution in [0.25, 0.3) is 11.1 Å². The largest absolute Gasteiger partial charge is 0.310 e. The maximum atomic E-state index is 3.54. The Labute approximate surface area is 109 Å².